The van der Waals surface area contributed by atoms with Gasteiger partial charge in [0.25, 0.3) is 5.91 Å². The summed E-state index contributed by atoms with van der Waals surface area (Å²) in [6.45, 7) is 0.761. The number of benzene rings is 1. The van der Waals surface area contributed by atoms with Gasteiger partial charge in [0.15, 0.2) is 6.10 Å². The van der Waals surface area contributed by atoms with Crippen molar-refractivity contribution in [2.24, 2.45) is 0 Å². The maximum Gasteiger partial charge on any atom is 0.261 e. The molecule has 0 spiro atoms. The van der Waals surface area contributed by atoms with E-state index in [0.717, 1.165) is 36.0 Å². The molecule has 1 amide bonds. The van der Waals surface area contributed by atoms with Crippen LogP contribution in [0.15, 0.2) is 28.7 Å². The summed E-state index contributed by atoms with van der Waals surface area (Å²) in [5, 5.41) is 2.85. The molecule has 0 radical (unpaired) electrons. The SMILES string of the molecule is O=C1NCCCCC1Oc1cccc(Br)c1. The lowest BCUT2D eigenvalue weighted by Crippen LogP contribution is -2.36. The number of amides is 1. The van der Waals surface area contributed by atoms with Crippen LogP contribution in [-0.4, -0.2) is 18.6 Å². The first-order valence-electron chi connectivity index (χ1n) is 5.45. The van der Waals surface area contributed by atoms with Gasteiger partial charge in [-0.3, -0.25) is 4.79 Å². The van der Waals surface area contributed by atoms with E-state index in [-0.39, 0.29) is 12.0 Å². The minimum atomic E-state index is -0.350. The van der Waals surface area contributed by atoms with Gasteiger partial charge in [-0.1, -0.05) is 22.0 Å². The van der Waals surface area contributed by atoms with E-state index in [1.54, 1.807) is 0 Å². The number of carbonyl (C=O) groups excluding carboxylic acids is 1. The summed E-state index contributed by atoms with van der Waals surface area (Å²) in [6.07, 6.45) is 2.50. The van der Waals surface area contributed by atoms with Crippen molar-refractivity contribution in [2.45, 2.75) is 25.4 Å². The fourth-order valence-corrected chi connectivity index (χ4v) is 2.11. The molecule has 0 aliphatic carbocycles. The van der Waals surface area contributed by atoms with Crippen LogP contribution in [0, 0.1) is 0 Å². The van der Waals surface area contributed by atoms with Gasteiger partial charge in [-0.25, -0.2) is 0 Å². The molecular weight excluding hydrogens is 270 g/mol. The Morgan fingerprint density at radius 3 is 3.06 bits per heavy atom. The van der Waals surface area contributed by atoms with Gasteiger partial charge in [-0.15, -0.1) is 0 Å². The molecule has 0 bridgehead atoms. The van der Waals surface area contributed by atoms with Crippen molar-refractivity contribution >= 4 is 21.8 Å². The van der Waals surface area contributed by atoms with Crippen molar-refractivity contribution < 1.29 is 9.53 Å². The summed E-state index contributed by atoms with van der Waals surface area (Å²) in [7, 11) is 0. The van der Waals surface area contributed by atoms with Crippen molar-refractivity contribution in [3.8, 4) is 5.75 Å². The van der Waals surface area contributed by atoms with Gasteiger partial charge < -0.3 is 10.1 Å². The van der Waals surface area contributed by atoms with Gasteiger partial charge in [-0.05, 0) is 37.5 Å². The Labute approximate surface area is 103 Å². The molecule has 1 aromatic carbocycles. The molecule has 1 aliphatic heterocycles. The summed E-state index contributed by atoms with van der Waals surface area (Å²) < 4.78 is 6.64. The van der Waals surface area contributed by atoms with Crippen LogP contribution in [-0.2, 0) is 4.79 Å². The molecule has 1 heterocycles. The third-order valence-electron chi connectivity index (χ3n) is 2.56. The van der Waals surface area contributed by atoms with Crippen LogP contribution in [0.25, 0.3) is 0 Å². The molecule has 1 aliphatic rings. The van der Waals surface area contributed by atoms with E-state index in [1.165, 1.54) is 0 Å². The Kier molecular flexibility index (Phi) is 3.83. The first-order chi connectivity index (χ1) is 7.75. The molecule has 1 N–H and O–H groups in total. The molecule has 3 nitrogen and oxygen atoms in total. The number of nitrogens with one attached hydrogen (secondary N) is 1. The van der Waals surface area contributed by atoms with Gasteiger partial charge in [0, 0.05) is 11.0 Å². The average molecular weight is 284 g/mol. The topological polar surface area (TPSA) is 38.3 Å². The Balaban J connectivity index is 2.05. The third-order valence-corrected chi connectivity index (χ3v) is 3.05. The molecule has 1 fully saturated rings. The molecule has 4 heteroatoms. The molecule has 1 saturated heterocycles. The van der Waals surface area contributed by atoms with Crippen molar-refractivity contribution in [3.63, 3.8) is 0 Å². The zero-order chi connectivity index (χ0) is 11.4. The van der Waals surface area contributed by atoms with Gasteiger partial charge in [0.1, 0.15) is 5.75 Å². The third kappa shape index (κ3) is 2.98. The predicted octanol–water partition coefficient (Wildman–Crippen LogP) is 2.50. The molecule has 16 heavy (non-hydrogen) atoms. The van der Waals surface area contributed by atoms with Crippen LogP contribution in [0.4, 0.5) is 0 Å². The lowest BCUT2D eigenvalue weighted by atomic mass is 10.2. The highest BCUT2D eigenvalue weighted by molar-refractivity contribution is 9.10. The van der Waals surface area contributed by atoms with Gasteiger partial charge in [0.05, 0.1) is 0 Å². The number of rotatable bonds is 2. The van der Waals surface area contributed by atoms with Crippen LogP contribution in [0.5, 0.6) is 5.75 Å². The highest BCUT2D eigenvalue weighted by Crippen LogP contribution is 2.20. The van der Waals surface area contributed by atoms with Crippen molar-refractivity contribution in [2.75, 3.05) is 6.54 Å². The molecule has 86 valence electrons. The van der Waals surface area contributed by atoms with Crippen molar-refractivity contribution in [1.29, 1.82) is 0 Å². The van der Waals surface area contributed by atoms with Crippen LogP contribution < -0.4 is 10.1 Å². The fraction of sp³-hybridized carbons (Fsp3) is 0.417. The molecule has 1 atom stereocenters. The van der Waals surface area contributed by atoms with E-state index in [9.17, 15) is 4.79 Å². The molecule has 1 unspecified atom stereocenters. The standard InChI is InChI=1S/C12H14BrNO2/c13-9-4-3-5-10(8-9)16-11-6-1-2-7-14-12(11)15/h3-5,8,11H,1-2,6-7H2,(H,14,15). The number of halogens is 1. The Morgan fingerprint density at radius 1 is 1.38 bits per heavy atom. The normalized spacial score (nSPS) is 21.1. The Morgan fingerprint density at radius 2 is 2.25 bits per heavy atom. The van der Waals surface area contributed by atoms with Crippen LogP contribution in [0.3, 0.4) is 0 Å². The second-order valence-corrected chi connectivity index (χ2v) is 4.77. The maximum atomic E-state index is 11.7. The van der Waals surface area contributed by atoms with E-state index in [4.69, 9.17) is 4.74 Å². The zero-order valence-electron chi connectivity index (χ0n) is 8.91. The monoisotopic (exact) mass is 283 g/mol. The summed E-state index contributed by atoms with van der Waals surface area (Å²) >= 11 is 3.38. The van der Waals surface area contributed by atoms with Gasteiger partial charge >= 0.3 is 0 Å². The quantitative estimate of drug-likeness (QED) is 0.906. The van der Waals surface area contributed by atoms with Crippen molar-refractivity contribution in [3.05, 3.63) is 28.7 Å². The van der Waals surface area contributed by atoms with E-state index in [0.29, 0.717) is 0 Å². The number of hydrogen-bond acceptors (Lipinski definition) is 2. The Hall–Kier alpha value is -1.03. The maximum absolute atomic E-state index is 11.7. The van der Waals surface area contributed by atoms with Gasteiger partial charge in [-0.2, -0.15) is 0 Å². The van der Waals surface area contributed by atoms with Gasteiger partial charge in [0.2, 0.25) is 0 Å². The lowest BCUT2D eigenvalue weighted by molar-refractivity contribution is -0.127. The summed E-state index contributed by atoms with van der Waals surface area (Å²) in [5.41, 5.74) is 0. The van der Waals surface area contributed by atoms with Crippen LogP contribution in [0.1, 0.15) is 19.3 Å². The average Bonchev–Trinajstić information content (AvgIpc) is 2.45. The molecule has 0 aromatic heterocycles. The first kappa shape index (κ1) is 11.5. The fourth-order valence-electron chi connectivity index (χ4n) is 1.73. The minimum Gasteiger partial charge on any atom is -0.481 e. The van der Waals surface area contributed by atoms with E-state index in [2.05, 4.69) is 21.2 Å². The van der Waals surface area contributed by atoms with E-state index < -0.39 is 0 Å². The summed E-state index contributed by atoms with van der Waals surface area (Å²) in [6, 6.07) is 7.56. The van der Waals surface area contributed by atoms with Crippen molar-refractivity contribution in [1.82, 2.24) is 5.32 Å². The van der Waals surface area contributed by atoms with E-state index in [1.807, 2.05) is 24.3 Å². The smallest absolute Gasteiger partial charge is 0.261 e. The second-order valence-electron chi connectivity index (χ2n) is 3.85. The molecule has 1 aromatic rings. The minimum absolute atomic E-state index is 0.00234. The van der Waals surface area contributed by atoms with Crippen LogP contribution in [0.2, 0.25) is 0 Å². The second kappa shape index (κ2) is 5.34. The number of hydrogen-bond donors (Lipinski definition) is 1. The first-order valence-corrected chi connectivity index (χ1v) is 6.25. The lowest BCUT2D eigenvalue weighted by Gasteiger charge is -2.15. The predicted molar refractivity (Wildman–Crippen MR) is 65.4 cm³/mol. The number of ether oxygens (including phenoxy) is 1. The Bertz CT molecular complexity index is 381. The summed E-state index contributed by atoms with van der Waals surface area (Å²) in [5.74, 6) is 0.730. The molecule has 2 rings (SSSR count). The summed E-state index contributed by atoms with van der Waals surface area (Å²) in [4.78, 5) is 11.7. The largest absolute Gasteiger partial charge is 0.481 e. The van der Waals surface area contributed by atoms with E-state index >= 15 is 0 Å². The molecule has 0 saturated carbocycles. The molecular formula is C12H14BrNO2. The highest BCUT2D eigenvalue weighted by Gasteiger charge is 2.22. The highest BCUT2D eigenvalue weighted by atomic mass is 79.9. The zero-order valence-corrected chi connectivity index (χ0v) is 10.5. The van der Waals surface area contributed by atoms with Crippen LogP contribution >= 0.6 is 15.9 Å². The number of carbonyl (C=O) groups is 1.